The number of hydrogen-bond acceptors (Lipinski definition) is 8. The Morgan fingerprint density at radius 3 is 2.03 bits per heavy atom. The average Bonchev–Trinajstić information content (AvgIpc) is 3.70. The van der Waals surface area contributed by atoms with E-state index in [1.54, 1.807) is 50.1 Å². The molecule has 14 nitrogen and oxygen atoms in total. The Morgan fingerprint density at radius 2 is 1.51 bits per heavy atom. The van der Waals surface area contributed by atoms with Gasteiger partial charge in [0.05, 0.1) is 36.6 Å². The zero-order chi connectivity index (χ0) is 44.0. The summed E-state index contributed by atoms with van der Waals surface area (Å²) >= 11 is 0. The van der Waals surface area contributed by atoms with Crippen molar-refractivity contribution >= 4 is 35.3 Å². The largest absolute Gasteiger partial charge is 0.379 e. The number of carbonyl (C=O) groups excluding carboxylic acids is 4. The summed E-state index contributed by atoms with van der Waals surface area (Å²) in [4.78, 5) is 68.6. The lowest BCUT2D eigenvalue weighted by atomic mass is 9.89. The van der Waals surface area contributed by atoms with Crippen LogP contribution in [0.15, 0.2) is 59.6 Å². The molecule has 1 unspecified atom stereocenters. The number of likely N-dealkylation sites (N-methyl/N-ethyl adjacent to an activating group) is 1. The van der Waals surface area contributed by atoms with Crippen LogP contribution in [0, 0.1) is 17.8 Å². The zero-order valence-electron chi connectivity index (χ0n) is 37.6. The number of nitrogens with two attached hydrogens (primary N) is 1. The lowest BCUT2D eigenvalue weighted by molar-refractivity contribution is -0.146. The van der Waals surface area contributed by atoms with E-state index in [1.807, 2.05) is 94.3 Å². The van der Waals surface area contributed by atoms with Crippen LogP contribution in [-0.2, 0) is 41.6 Å². The van der Waals surface area contributed by atoms with E-state index in [1.165, 1.54) is 0 Å². The highest BCUT2D eigenvalue weighted by molar-refractivity contribution is 5.97. The van der Waals surface area contributed by atoms with E-state index >= 15 is 0 Å². The maximum atomic E-state index is 14.4. The summed E-state index contributed by atoms with van der Waals surface area (Å²) in [6.07, 6.45) is 1.23. The minimum atomic E-state index is -0.877. The quantitative estimate of drug-likeness (QED) is 0.131. The fourth-order valence-corrected chi connectivity index (χ4v) is 8.08. The molecule has 4 N–H and O–H groups in total. The molecule has 328 valence electrons. The normalized spacial score (nSPS) is 17.5. The third-order valence-corrected chi connectivity index (χ3v) is 11.6. The maximum Gasteiger partial charge on any atom is 0.247 e. The van der Waals surface area contributed by atoms with E-state index in [0.717, 1.165) is 24.0 Å². The van der Waals surface area contributed by atoms with E-state index in [0.29, 0.717) is 31.2 Å². The van der Waals surface area contributed by atoms with Gasteiger partial charge in [-0.05, 0) is 47.9 Å². The lowest BCUT2D eigenvalue weighted by Crippen LogP contribution is -2.55. The van der Waals surface area contributed by atoms with Crippen molar-refractivity contribution in [2.24, 2.45) is 28.5 Å². The van der Waals surface area contributed by atoms with Crippen molar-refractivity contribution in [2.75, 3.05) is 61.3 Å². The number of aliphatic imine (C=N–C) groups is 1. The van der Waals surface area contributed by atoms with Gasteiger partial charge in [-0.2, -0.15) is 0 Å². The number of rotatable bonds is 20. The van der Waals surface area contributed by atoms with Gasteiger partial charge >= 0.3 is 0 Å². The molecule has 14 heteroatoms. The molecule has 8 atom stereocenters. The third-order valence-electron chi connectivity index (χ3n) is 11.6. The molecule has 2 aromatic rings. The van der Waals surface area contributed by atoms with Gasteiger partial charge in [0.15, 0.2) is 5.96 Å². The molecule has 1 aliphatic rings. The number of hydrogen-bond donors (Lipinski definition) is 3. The second-order valence-electron chi connectivity index (χ2n) is 16.6. The van der Waals surface area contributed by atoms with Crippen LogP contribution in [0.4, 0.5) is 5.69 Å². The molecule has 4 amide bonds. The van der Waals surface area contributed by atoms with E-state index in [-0.39, 0.29) is 54.3 Å². The molecule has 0 aliphatic carbocycles. The average molecular weight is 821 g/mol. The van der Waals surface area contributed by atoms with Crippen molar-refractivity contribution < 1.29 is 28.7 Å². The van der Waals surface area contributed by atoms with Crippen molar-refractivity contribution in [1.82, 2.24) is 24.9 Å². The van der Waals surface area contributed by atoms with Gasteiger partial charge in [-0.15, -0.1) is 0 Å². The first-order valence-corrected chi connectivity index (χ1v) is 21.0. The van der Waals surface area contributed by atoms with Gasteiger partial charge in [0.1, 0.15) is 12.1 Å². The number of likely N-dealkylation sites (tertiary alicyclic amines) is 1. The first kappa shape index (κ1) is 48.8. The maximum absolute atomic E-state index is 14.4. The summed E-state index contributed by atoms with van der Waals surface area (Å²) in [5.41, 5.74) is 8.18. The molecule has 1 aliphatic heterocycles. The monoisotopic (exact) mass is 821 g/mol. The van der Waals surface area contributed by atoms with E-state index in [4.69, 9.17) is 20.2 Å². The van der Waals surface area contributed by atoms with Crippen molar-refractivity contribution in [3.05, 3.63) is 65.7 Å². The van der Waals surface area contributed by atoms with Crippen LogP contribution in [0.1, 0.15) is 71.4 Å². The molecule has 0 radical (unpaired) electrons. The number of nitrogens with zero attached hydrogens (tertiary/aromatic N) is 5. The molecule has 0 bridgehead atoms. The number of ether oxygens (including phenoxy) is 2. The summed E-state index contributed by atoms with van der Waals surface area (Å²) < 4.78 is 12.1. The molecule has 3 rings (SSSR count). The molecule has 2 aromatic carbocycles. The molecular weight excluding hydrogens is 749 g/mol. The van der Waals surface area contributed by atoms with Gasteiger partial charge in [0.2, 0.25) is 23.6 Å². The fraction of sp³-hybridized carbons (Fsp3) is 0.622. The smallest absolute Gasteiger partial charge is 0.247 e. The van der Waals surface area contributed by atoms with Crippen LogP contribution in [0.25, 0.3) is 0 Å². The van der Waals surface area contributed by atoms with Gasteiger partial charge in [-0.25, -0.2) is 4.99 Å². The molecular formula is C45H72N8O6. The number of amides is 4. The first-order chi connectivity index (χ1) is 28.0. The molecule has 1 fully saturated rings. The summed E-state index contributed by atoms with van der Waals surface area (Å²) in [6.45, 7) is 10.8. The second kappa shape index (κ2) is 23.3. The van der Waals surface area contributed by atoms with Crippen molar-refractivity contribution in [3.63, 3.8) is 0 Å². The molecule has 1 heterocycles. The minimum Gasteiger partial charge on any atom is -0.379 e. The number of anilines is 1. The van der Waals surface area contributed by atoms with Crippen LogP contribution in [0.2, 0.25) is 0 Å². The van der Waals surface area contributed by atoms with Gasteiger partial charge in [-0.3, -0.25) is 19.2 Å². The lowest BCUT2D eigenvalue weighted by Gasteiger charge is -2.40. The number of carbonyl (C=O) groups is 4. The van der Waals surface area contributed by atoms with Crippen molar-refractivity contribution in [2.45, 2.75) is 110 Å². The highest BCUT2D eigenvalue weighted by Crippen LogP contribution is 2.30. The molecule has 1 saturated heterocycles. The van der Waals surface area contributed by atoms with Crippen LogP contribution in [0.5, 0.6) is 0 Å². The third kappa shape index (κ3) is 13.2. The Labute approximate surface area is 353 Å². The Hall–Kier alpha value is -4.53. The summed E-state index contributed by atoms with van der Waals surface area (Å²) in [6, 6.07) is 14.5. The standard InChI is InChI=1S/C45H72N8O6/c1-13-30(4)40(52(10)44(57)39(29(2)3)49-45(50(6)7)51(8)9)37(58-11)27-38(54)53-25-17-20-36(53)41(59-12)31(5)42(55)48-35(26-32-18-15-14-16-19-32)43(56)47-34-23-21-33(28-46)22-24-34/h14-16,18-19,21-24,29-31,35-37,39-41H,13,17,20,25-28,46H2,1-12H3,(H,47,56)(H,48,55)/t30-,31+,35-,36-,37+,39?,40-,41+/m0/s1. The van der Waals surface area contributed by atoms with E-state index in [9.17, 15) is 19.2 Å². The van der Waals surface area contributed by atoms with Gasteiger partial charge in [0.25, 0.3) is 0 Å². The van der Waals surface area contributed by atoms with Crippen molar-refractivity contribution in [1.29, 1.82) is 0 Å². The zero-order valence-corrected chi connectivity index (χ0v) is 37.6. The molecule has 59 heavy (non-hydrogen) atoms. The Bertz CT molecular complexity index is 1660. The Kier molecular flexibility index (Phi) is 19.3. The van der Waals surface area contributed by atoms with E-state index in [2.05, 4.69) is 24.5 Å². The van der Waals surface area contributed by atoms with Gasteiger partial charge < -0.3 is 45.4 Å². The van der Waals surface area contributed by atoms with Crippen LogP contribution < -0.4 is 16.4 Å². The number of methoxy groups -OCH3 is 2. The van der Waals surface area contributed by atoms with E-state index < -0.39 is 36.3 Å². The molecule has 0 spiro atoms. The number of benzene rings is 2. The first-order valence-electron chi connectivity index (χ1n) is 21.0. The molecule has 0 saturated carbocycles. The SMILES string of the molecule is CC[C@H](C)[C@@H]([C@@H](CC(=O)N1CCC[C@H]1[C@H](OC)[C@@H](C)C(=O)N[C@@H](Cc1ccccc1)C(=O)Nc1ccc(CN)cc1)OC)N(C)C(=O)C(N=C(N(C)C)N(C)C)C(C)C. The summed E-state index contributed by atoms with van der Waals surface area (Å²) in [7, 11) is 12.5. The topological polar surface area (TPSA) is 162 Å². The Morgan fingerprint density at radius 1 is 0.881 bits per heavy atom. The predicted octanol–water partition coefficient (Wildman–Crippen LogP) is 4.24. The highest BCUT2D eigenvalue weighted by Gasteiger charge is 2.43. The van der Waals surface area contributed by atoms with Crippen LogP contribution in [-0.4, -0.2) is 142 Å². The number of guanidine groups is 1. The van der Waals surface area contributed by atoms with Crippen LogP contribution >= 0.6 is 0 Å². The van der Waals surface area contributed by atoms with Crippen LogP contribution in [0.3, 0.4) is 0 Å². The van der Waals surface area contributed by atoms with Gasteiger partial charge in [-0.1, -0.05) is 83.5 Å². The predicted molar refractivity (Wildman–Crippen MR) is 235 cm³/mol. The minimum absolute atomic E-state index is 0.0109. The van der Waals surface area contributed by atoms with Gasteiger partial charge in [0, 0.05) is 74.7 Å². The fourth-order valence-electron chi connectivity index (χ4n) is 8.08. The number of nitrogens with one attached hydrogen (secondary N) is 2. The highest BCUT2D eigenvalue weighted by atomic mass is 16.5. The summed E-state index contributed by atoms with van der Waals surface area (Å²) in [5.74, 6) is -1.06. The summed E-state index contributed by atoms with van der Waals surface area (Å²) in [5, 5.41) is 5.94. The second-order valence-corrected chi connectivity index (χ2v) is 16.6. The Balaban J connectivity index is 1.83. The van der Waals surface area contributed by atoms with Crippen molar-refractivity contribution in [3.8, 4) is 0 Å². The molecule has 0 aromatic heterocycles.